The van der Waals surface area contributed by atoms with E-state index in [0.717, 1.165) is 10.8 Å². The minimum atomic E-state index is -1.14. The molecule has 0 fully saturated rings. The lowest BCUT2D eigenvalue weighted by Crippen LogP contribution is -2.29. The number of carbonyl (C=O) groups excluding carboxylic acids is 4. The van der Waals surface area contributed by atoms with Gasteiger partial charge in [-0.15, -0.1) is 0 Å². The maximum atomic E-state index is 13.8. The third-order valence-corrected chi connectivity index (χ3v) is 5.67. The van der Waals surface area contributed by atoms with E-state index in [1.165, 1.54) is 4.40 Å². The van der Waals surface area contributed by atoms with Crippen molar-refractivity contribution >= 4 is 50.9 Å². The Morgan fingerprint density at radius 1 is 0.711 bits per heavy atom. The van der Waals surface area contributed by atoms with Crippen LogP contribution < -0.4 is 0 Å². The Labute approximate surface area is 220 Å². The highest BCUT2D eigenvalue weighted by molar-refractivity contribution is 6.45. The number of para-hydroxylation sites is 1. The molecular weight excluding hydrogens is 486 g/mol. The predicted octanol–water partition coefficient (Wildman–Crippen LogP) is 5.90. The zero-order chi connectivity index (χ0) is 28.0. The molecular formula is C30H31NO7. The van der Waals surface area contributed by atoms with Crippen LogP contribution in [0, 0.1) is 0 Å². The van der Waals surface area contributed by atoms with Crippen molar-refractivity contribution in [1.29, 1.82) is 0 Å². The number of hydrogen-bond acceptors (Lipinski definition) is 7. The highest BCUT2D eigenvalue weighted by Crippen LogP contribution is 2.38. The van der Waals surface area contributed by atoms with Crippen molar-refractivity contribution in [3.05, 3.63) is 65.4 Å². The van der Waals surface area contributed by atoms with Gasteiger partial charge in [0.1, 0.15) is 22.5 Å². The van der Waals surface area contributed by atoms with Gasteiger partial charge in [-0.25, -0.2) is 14.4 Å². The number of Topliss-reactive ketones (excluding diaryl/α,β-unsaturated/α-hetero) is 1. The molecule has 2 heterocycles. The van der Waals surface area contributed by atoms with Gasteiger partial charge in [0.25, 0.3) is 5.78 Å². The first kappa shape index (κ1) is 26.9. The molecule has 38 heavy (non-hydrogen) atoms. The van der Waals surface area contributed by atoms with Crippen LogP contribution in [0.4, 0.5) is 0 Å². The molecule has 4 aromatic rings. The summed E-state index contributed by atoms with van der Waals surface area (Å²) in [4.78, 5) is 54.0. The summed E-state index contributed by atoms with van der Waals surface area (Å²) in [7, 11) is 0. The summed E-state index contributed by atoms with van der Waals surface area (Å²) < 4.78 is 17.9. The Morgan fingerprint density at radius 2 is 1.24 bits per heavy atom. The molecule has 8 nitrogen and oxygen atoms in total. The third kappa shape index (κ3) is 4.86. The average molecular weight is 518 g/mol. The van der Waals surface area contributed by atoms with Gasteiger partial charge in [0.05, 0.1) is 23.2 Å². The van der Waals surface area contributed by atoms with E-state index in [1.807, 2.05) is 24.3 Å². The summed E-state index contributed by atoms with van der Waals surface area (Å²) in [6, 6.07) is 14.6. The molecule has 8 heteroatoms. The number of benzene rings is 2. The highest BCUT2D eigenvalue weighted by atomic mass is 16.6. The van der Waals surface area contributed by atoms with Crippen molar-refractivity contribution in [3.63, 3.8) is 0 Å². The average Bonchev–Trinajstić information content (AvgIpc) is 3.19. The predicted molar refractivity (Wildman–Crippen MR) is 144 cm³/mol. The fourth-order valence-corrected chi connectivity index (χ4v) is 4.46. The molecule has 0 radical (unpaired) electrons. The molecule has 4 rings (SSSR count). The van der Waals surface area contributed by atoms with Crippen molar-refractivity contribution < 1.29 is 33.4 Å². The van der Waals surface area contributed by atoms with E-state index in [2.05, 4.69) is 0 Å². The van der Waals surface area contributed by atoms with E-state index in [4.69, 9.17) is 14.2 Å². The number of ketones is 1. The van der Waals surface area contributed by atoms with Crippen LogP contribution in [-0.4, -0.2) is 45.9 Å². The molecule has 2 aromatic heterocycles. The van der Waals surface area contributed by atoms with Gasteiger partial charge in [0.2, 0.25) is 0 Å². The Hall–Kier alpha value is -4.20. The molecule has 0 saturated carbocycles. The minimum absolute atomic E-state index is 0.0409. The number of nitrogens with zero attached hydrogens (tertiary/aromatic N) is 1. The minimum Gasteiger partial charge on any atom is -0.460 e. The van der Waals surface area contributed by atoms with E-state index in [0.29, 0.717) is 10.9 Å². The van der Waals surface area contributed by atoms with Crippen molar-refractivity contribution in [1.82, 2.24) is 4.40 Å². The molecule has 0 aliphatic heterocycles. The number of esters is 3. The highest BCUT2D eigenvalue weighted by Gasteiger charge is 2.39. The normalized spacial score (nSPS) is 12.1. The second-order valence-corrected chi connectivity index (χ2v) is 10.9. The number of fused-ring (bicyclic) bond motifs is 6. The van der Waals surface area contributed by atoms with Gasteiger partial charge in [-0.05, 0) is 59.9 Å². The fourth-order valence-electron chi connectivity index (χ4n) is 4.46. The van der Waals surface area contributed by atoms with Gasteiger partial charge in [0.15, 0.2) is 0 Å². The first-order valence-corrected chi connectivity index (χ1v) is 12.4. The Bertz CT molecular complexity index is 1610. The molecule has 0 atom stereocenters. The third-order valence-electron chi connectivity index (χ3n) is 5.67. The van der Waals surface area contributed by atoms with Crippen LogP contribution >= 0.6 is 0 Å². The van der Waals surface area contributed by atoms with E-state index >= 15 is 0 Å². The zero-order valence-corrected chi connectivity index (χ0v) is 22.6. The van der Waals surface area contributed by atoms with E-state index in [1.54, 1.807) is 72.7 Å². The molecule has 0 saturated heterocycles. The lowest BCUT2D eigenvalue weighted by atomic mass is 10.00. The summed E-state index contributed by atoms with van der Waals surface area (Å²) in [5, 5.41) is 2.12. The van der Waals surface area contributed by atoms with Crippen LogP contribution in [-0.2, 0) is 19.0 Å². The Balaban J connectivity index is 2.29. The molecule has 0 amide bonds. The summed E-state index contributed by atoms with van der Waals surface area (Å²) in [6.45, 7) is 11.7. The summed E-state index contributed by atoms with van der Waals surface area (Å²) in [5.41, 5.74) is -1.89. The van der Waals surface area contributed by atoms with Crippen LogP contribution in [0.2, 0.25) is 0 Å². The maximum absolute atomic E-state index is 13.8. The van der Waals surface area contributed by atoms with Gasteiger partial charge in [0, 0.05) is 10.8 Å². The Kier molecular flexibility index (Phi) is 6.78. The molecule has 0 spiro atoms. The van der Waals surface area contributed by atoms with Crippen LogP contribution in [0.3, 0.4) is 0 Å². The summed E-state index contributed by atoms with van der Waals surface area (Å²) >= 11 is 0. The molecule has 0 aliphatic carbocycles. The van der Waals surface area contributed by atoms with Crippen molar-refractivity contribution in [2.75, 3.05) is 6.61 Å². The molecule has 0 N–H and O–H groups in total. The van der Waals surface area contributed by atoms with Crippen LogP contribution in [0.25, 0.3) is 27.2 Å². The van der Waals surface area contributed by atoms with Crippen LogP contribution in [0.5, 0.6) is 0 Å². The summed E-state index contributed by atoms with van der Waals surface area (Å²) in [5.74, 6) is -3.96. The van der Waals surface area contributed by atoms with Crippen molar-refractivity contribution in [2.45, 2.75) is 59.7 Å². The first-order chi connectivity index (χ1) is 17.7. The van der Waals surface area contributed by atoms with Gasteiger partial charge >= 0.3 is 17.9 Å². The number of aromatic nitrogens is 1. The van der Waals surface area contributed by atoms with Gasteiger partial charge in [-0.1, -0.05) is 42.5 Å². The van der Waals surface area contributed by atoms with Crippen molar-refractivity contribution in [2.24, 2.45) is 0 Å². The maximum Gasteiger partial charge on any atom is 0.379 e. The molecule has 198 valence electrons. The first-order valence-electron chi connectivity index (χ1n) is 12.4. The standard InChI is InChI=1S/C30H31NO7/c1-8-36-28(35)25(32)21-22(26(33)37-29(2,3)4)24(27(34)38-30(5,6)7)31-20-16-12-11-14-18(20)17-13-9-10-15-19(17)23(21)31/h9-16H,8H2,1-7H3. The van der Waals surface area contributed by atoms with Gasteiger partial charge < -0.3 is 18.6 Å². The van der Waals surface area contributed by atoms with Crippen LogP contribution in [0.1, 0.15) is 79.7 Å². The lowest BCUT2D eigenvalue weighted by molar-refractivity contribution is -0.137. The quantitative estimate of drug-likeness (QED) is 0.107. The second kappa shape index (κ2) is 9.59. The van der Waals surface area contributed by atoms with Crippen molar-refractivity contribution in [3.8, 4) is 0 Å². The number of pyridine rings is 1. The second-order valence-electron chi connectivity index (χ2n) is 10.9. The molecule has 0 unspecified atom stereocenters. The number of hydrogen-bond donors (Lipinski definition) is 0. The van der Waals surface area contributed by atoms with E-state index in [-0.39, 0.29) is 28.9 Å². The molecule has 2 aromatic carbocycles. The Morgan fingerprint density at radius 3 is 1.82 bits per heavy atom. The number of rotatable bonds is 5. The number of carbonyl (C=O) groups is 4. The van der Waals surface area contributed by atoms with E-state index < -0.39 is 34.9 Å². The number of ether oxygens (including phenoxy) is 3. The topological polar surface area (TPSA) is 100 Å². The largest absolute Gasteiger partial charge is 0.460 e. The van der Waals surface area contributed by atoms with Gasteiger partial charge in [-0.2, -0.15) is 0 Å². The van der Waals surface area contributed by atoms with Crippen LogP contribution in [0.15, 0.2) is 48.5 Å². The SMILES string of the molecule is CCOC(=O)C(=O)c1c(C(=O)OC(C)(C)C)c(C(=O)OC(C)(C)C)n2c3ccccc3c3ccccc3c12. The van der Waals surface area contributed by atoms with E-state index in [9.17, 15) is 19.2 Å². The zero-order valence-electron chi connectivity index (χ0n) is 22.6. The monoisotopic (exact) mass is 517 g/mol. The fraction of sp³-hybridized carbons (Fsp3) is 0.333. The molecule has 0 bridgehead atoms. The van der Waals surface area contributed by atoms with Gasteiger partial charge in [-0.3, -0.25) is 4.79 Å². The lowest BCUT2D eigenvalue weighted by Gasteiger charge is -2.22. The molecule has 0 aliphatic rings. The summed E-state index contributed by atoms with van der Waals surface area (Å²) in [6.07, 6.45) is 0. The smallest absolute Gasteiger partial charge is 0.379 e.